The molecule has 226 valence electrons. The number of rotatable bonds is 4. The maximum atomic E-state index is 12.5. The van der Waals surface area contributed by atoms with Gasteiger partial charge in [0.1, 0.15) is 6.10 Å². The molecule has 5 saturated carbocycles. The Labute approximate surface area is 240 Å². The second-order valence-corrected chi connectivity index (χ2v) is 14.6. The van der Waals surface area contributed by atoms with Crippen molar-refractivity contribution in [2.75, 3.05) is 0 Å². The maximum absolute atomic E-state index is 12.5. The Kier molecular flexibility index (Phi) is 10.3. The Morgan fingerprint density at radius 1 is 0.795 bits per heavy atom. The molecule has 5 fully saturated rings. The van der Waals surface area contributed by atoms with Gasteiger partial charge in [0.25, 0.3) is 0 Å². The molecule has 4 nitrogen and oxygen atoms in total. The number of esters is 1. The molecule has 0 aromatic rings. The Morgan fingerprint density at radius 2 is 1.46 bits per heavy atom. The van der Waals surface area contributed by atoms with Crippen molar-refractivity contribution in [3.63, 3.8) is 0 Å². The molecule has 5 aliphatic carbocycles. The van der Waals surface area contributed by atoms with Gasteiger partial charge in [-0.15, -0.1) is 0 Å². The van der Waals surface area contributed by atoms with Crippen LogP contribution in [0.25, 0.3) is 0 Å². The minimum atomic E-state index is -0.509. The average Bonchev–Trinajstić information content (AvgIpc) is 3.34. The predicted molar refractivity (Wildman–Crippen MR) is 160 cm³/mol. The topological polar surface area (TPSA) is 63.6 Å². The first-order valence-corrected chi connectivity index (χ1v) is 16.9. The molecule has 0 aromatic carbocycles. The summed E-state index contributed by atoms with van der Waals surface area (Å²) < 4.78 is 5.99. The van der Waals surface area contributed by atoms with E-state index in [0.29, 0.717) is 41.4 Å². The molecule has 10 atom stereocenters. The molecule has 4 heteroatoms. The smallest absolute Gasteiger partial charge is 0.309 e. The van der Waals surface area contributed by atoms with Gasteiger partial charge in [0, 0.05) is 6.42 Å². The Morgan fingerprint density at radius 3 is 2.08 bits per heavy atom. The Hall–Kier alpha value is -1.06. The zero-order valence-corrected chi connectivity index (χ0v) is 27.0. The summed E-state index contributed by atoms with van der Waals surface area (Å²) in [5.41, 5.74) is 0.375. The molecule has 0 radical (unpaired) electrons. The summed E-state index contributed by atoms with van der Waals surface area (Å²) >= 11 is 0. The Bertz CT molecular complexity index is 854. The van der Waals surface area contributed by atoms with E-state index in [4.69, 9.17) is 4.74 Å². The normalized spacial score (nSPS) is 46.0. The SMILES string of the molecule is CC.CCC.CCCC(=O)OC1CCC2(C)C(CCC3(C)C2CCC2C4CCCC4(C(=O)O)CC[C@]23C)C1C. The Balaban J connectivity index is 0.000000787. The van der Waals surface area contributed by atoms with Gasteiger partial charge < -0.3 is 9.84 Å². The number of fused-ring (bicyclic) bond motifs is 7. The largest absolute Gasteiger partial charge is 0.481 e. The first kappa shape index (κ1) is 32.5. The van der Waals surface area contributed by atoms with E-state index < -0.39 is 11.4 Å². The highest BCUT2D eigenvalue weighted by Crippen LogP contribution is 2.76. The van der Waals surface area contributed by atoms with E-state index in [0.717, 1.165) is 51.4 Å². The lowest BCUT2D eigenvalue weighted by Crippen LogP contribution is -2.65. The molecule has 0 spiro atoms. The third kappa shape index (κ3) is 5.11. The van der Waals surface area contributed by atoms with Gasteiger partial charge in [0.15, 0.2) is 0 Å². The minimum Gasteiger partial charge on any atom is -0.481 e. The first-order valence-electron chi connectivity index (χ1n) is 16.9. The van der Waals surface area contributed by atoms with Crippen LogP contribution < -0.4 is 0 Å². The first-order chi connectivity index (χ1) is 18.4. The number of ether oxygens (including phenoxy) is 1. The fourth-order valence-electron chi connectivity index (χ4n) is 11.1. The van der Waals surface area contributed by atoms with Crippen LogP contribution in [0.3, 0.4) is 0 Å². The highest BCUT2D eigenvalue weighted by molar-refractivity contribution is 5.76. The van der Waals surface area contributed by atoms with Crippen LogP contribution in [0.15, 0.2) is 0 Å². The van der Waals surface area contributed by atoms with Crippen LogP contribution in [-0.4, -0.2) is 23.1 Å². The van der Waals surface area contributed by atoms with Crippen LogP contribution in [0.5, 0.6) is 0 Å². The lowest BCUT2D eigenvalue weighted by molar-refractivity contribution is -0.236. The summed E-state index contributed by atoms with van der Waals surface area (Å²) in [5, 5.41) is 10.3. The molecule has 9 unspecified atom stereocenters. The highest BCUT2D eigenvalue weighted by Gasteiger charge is 2.70. The molecule has 5 aliphatic rings. The highest BCUT2D eigenvalue weighted by atomic mass is 16.5. The van der Waals surface area contributed by atoms with Crippen molar-refractivity contribution in [2.24, 2.45) is 51.2 Å². The summed E-state index contributed by atoms with van der Waals surface area (Å²) in [5.74, 6) is 2.14. The average molecular weight is 547 g/mol. The van der Waals surface area contributed by atoms with Crippen LogP contribution in [0.2, 0.25) is 0 Å². The van der Waals surface area contributed by atoms with E-state index >= 15 is 0 Å². The minimum absolute atomic E-state index is 0.0164. The number of hydrogen-bond acceptors (Lipinski definition) is 3. The van der Waals surface area contributed by atoms with Gasteiger partial charge in [-0.2, -0.15) is 0 Å². The second kappa shape index (κ2) is 12.4. The monoisotopic (exact) mass is 546 g/mol. The summed E-state index contributed by atoms with van der Waals surface area (Å²) in [7, 11) is 0. The van der Waals surface area contributed by atoms with Gasteiger partial charge in [-0.05, 0) is 116 Å². The fourth-order valence-corrected chi connectivity index (χ4v) is 11.1. The molecule has 0 bridgehead atoms. The van der Waals surface area contributed by atoms with Crippen molar-refractivity contribution in [1.82, 2.24) is 0 Å². The summed E-state index contributed by atoms with van der Waals surface area (Å²) in [4.78, 5) is 24.8. The van der Waals surface area contributed by atoms with E-state index in [1.807, 2.05) is 20.8 Å². The third-order valence-corrected chi connectivity index (χ3v) is 13.1. The predicted octanol–water partition coefficient (Wildman–Crippen LogP) is 9.69. The van der Waals surface area contributed by atoms with Crippen molar-refractivity contribution in [2.45, 2.75) is 158 Å². The fraction of sp³-hybridized carbons (Fsp3) is 0.943. The van der Waals surface area contributed by atoms with E-state index in [1.165, 1.54) is 32.1 Å². The molecule has 5 rings (SSSR count). The molecule has 0 heterocycles. The van der Waals surface area contributed by atoms with E-state index in [2.05, 4.69) is 41.5 Å². The molecule has 1 N–H and O–H groups in total. The van der Waals surface area contributed by atoms with Crippen LogP contribution >= 0.6 is 0 Å². The third-order valence-electron chi connectivity index (χ3n) is 13.1. The van der Waals surface area contributed by atoms with Crippen LogP contribution in [0.1, 0.15) is 152 Å². The van der Waals surface area contributed by atoms with Gasteiger partial charge >= 0.3 is 11.9 Å². The maximum Gasteiger partial charge on any atom is 0.309 e. The van der Waals surface area contributed by atoms with Gasteiger partial charge in [0.05, 0.1) is 5.41 Å². The van der Waals surface area contributed by atoms with Crippen molar-refractivity contribution in [3.05, 3.63) is 0 Å². The number of aliphatic carboxylic acids is 1. The van der Waals surface area contributed by atoms with E-state index in [1.54, 1.807) is 0 Å². The van der Waals surface area contributed by atoms with Crippen LogP contribution in [0.4, 0.5) is 0 Å². The second-order valence-electron chi connectivity index (χ2n) is 14.6. The zero-order valence-electron chi connectivity index (χ0n) is 27.0. The summed E-state index contributed by atoms with van der Waals surface area (Å²) in [6.45, 7) is 20.4. The van der Waals surface area contributed by atoms with Crippen molar-refractivity contribution in [1.29, 1.82) is 0 Å². The van der Waals surface area contributed by atoms with E-state index in [-0.39, 0.29) is 22.9 Å². The van der Waals surface area contributed by atoms with Crippen molar-refractivity contribution < 1.29 is 19.4 Å². The molecule has 39 heavy (non-hydrogen) atoms. The number of carboxylic acid groups (broad SMARTS) is 1. The molecule has 0 amide bonds. The number of hydrogen-bond donors (Lipinski definition) is 1. The number of carbonyl (C=O) groups excluding carboxylic acids is 1. The molecule has 0 aromatic heterocycles. The molecular formula is C35H62O4. The molecule has 0 saturated heterocycles. The van der Waals surface area contributed by atoms with Crippen molar-refractivity contribution in [3.8, 4) is 0 Å². The zero-order chi connectivity index (χ0) is 29.2. The standard InChI is InChI=1S/C30H48O4.C3H8.C2H6/c1-6-8-25(31)34-23-13-15-27(3)20(19(23)2)12-16-29(5)24(27)11-10-21-22-9-7-14-30(22,26(32)33)18-17-28(21,29)4;1-3-2;1-2/h19-24H,6-18H2,1-5H3,(H,32,33);3H2,1-2H3;1-2H3/t19?,20?,21?,22?,23?,24?,27?,28-,29?,30?;;/m1../s1. The van der Waals surface area contributed by atoms with E-state index in [9.17, 15) is 14.7 Å². The van der Waals surface area contributed by atoms with Gasteiger partial charge in [-0.1, -0.05) is 75.2 Å². The van der Waals surface area contributed by atoms with Gasteiger partial charge in [-0.25, -0.2) is 0 Å². The number of carboxylic acids is 1. The van der Waals surface area contributed by atoms with Gasteiger partial charge in [-0.3, -0.25) is 9.59 Å². The lowest BCUT2D eigenvalue weighted by atomic mass is 9.33. The number of carbonyl (C=O) groups is 2. The summed E-state index contributed by atoms with van der Waals surface area (Å²) in [6, 6.07) is 0. The van der Waals surface area contributed by atoms with Crippen LogP contribution in [-0.2, 0) is 14.3 Å². The van der Waals surface area contributed by atoms with Crippen LogP contribution in [0, 0.1) is 51.2 Å². The lowest BCUT2D eigenvalue weighted by Gasteiger charge is -2.71. The van der Waals surface area contributed by atoms with Gasteiger partial charge in [0.2, 0.25) is 0 Å². The summed E-state index contributed by atoms with van der Waals surface area (Å²) in [6.07, 6.45) is 14.9. The molecule has 0 aliphatic heterocycles. The molecular weight excluding hydrogens is 484 g/mol. The quantitative estimate of drug-likeness (QED) is 0.356. The van der Waals surface area contributed by atoms with Crippen molar-refractivity contribution >= 4 is 11.9 Å².